The fraction of sp³-hybridized carbons (Fsp3) is 0.364. The Kier molecular flexibility index (Phi) is 2.96. The summed E-state index contributed by atoms with van der Waals surface area (Å²) < 4.78 is 5.12. The topological polar surface area (TPSA) is 77.8 Å². The van der Waals surface area contributed by atoms with Crippen LogP contribution in [-0.2, 0) is 0 Å². The molecule has 2 heterocycles. The van der Waals surface area contributed by atoms with Gasteiger partial charge in [-0.2, -0.15) is 4.98 Å². The number of pyridine rings is 1. The van der Waals surface area contributed by atoms with Crippen LogP contribution in [0.2, 0.25) is 0 Å². The Labute approximate surface area is 93.7 Å². The van der Waals surface area contributed by atoms with Crippen LogP contribution in [0.1, 0.15) is 25.8 Å². The maximum Gasteiger partial charge on any atom is 0.244 e. The minimum Gasteiger partial charge on any atom is -0.337 e. The van der Waals surface area contributed by atoms with Gasteiger partial charge in [0.1, 0.15) is 5.69 Å². The number of nitrogens with zero attached hydrogens (tertiary/aromatic N) is 3. The standard InChI is InChI=1S/C11H14N4O/c1-7(2)9(12)11-14-10(15-16-11)8-5-3-4-6-13-8/h3-7,9H,12H2,1-2H3. The molecule has 5 nitrogen and oxygen atoms in total. The van der Waals surface area contributed by atoms with Gasteiger partial charge in [0.05, 0.1) is 6.04 Å². The molecule has 0 bridgehead atoms. The summed E-state index contributed by atoms with van der Waals surface area (Å²) >= 11 is 0. The van der Waals surface area contributed by atoms with Crippen molar-refractivity contribution in [2.45, 2.75) is 19.9 Å². The van der Waals surface area contributed by atoms with E-state index < -0.39 is 0 Å². The van der Waals surface area contributed by atoms with Crippen molar-refractivity contribution in [3.63, 3.8) is 0 Å². The molecule has 0 saturated carbocycles. The van der Waals surface area contributed by atoms with Crippen LogP contribution in [0.5, 0.6) is 0 Å². The minimum absolute atomic E-state index is 0.232. The van der Waals surface area contributed by atoms with E-state index in [0.717, 1.165) is 0 Å². The highest BCUT2D eigenvalue weighted by Crippen LogP contribution is 2.19. The van der Waals surface area contributed by atoms with Gasteiger partial charge >= 0.3 is 0 Å². The second kappa shape index (κ2) is 4.40. The lowest BCUT2D eigenvalue weighted by atomic mass is 10.1. The molecule has 2 aromatic heterocycles. The molecule has 0 saturated heterocycles. The highest BCUT2D eigenvalue weighted by Gasteiger charge is 2.18. The van der Waals surface area contributed by atoms with Crippen molar-refractivity contribution in [2.24, 2.45) is 11.7 Å². The predicted molar refractivity (Wildman–Crippen MR) is 59.3 cm³/mol. The zero-order chi connectivity index (χ0) is 11.5. The van der Waals surface area contributed by atoms with Gasteiger partial charge in [-0.25, -0.2) is 0 Å². The summed E-state index contributed by atoms with van der Waals surface area (Å²) in [6.07, 6.45) is 1.69. The third-order valence-corrected chi connectivity index (χ3v) is 2.34. The highest BCUT2D eigenvalue weighted by atomic mass is 16.5. The molecule has 0 spiro atoms. The van der Waals surface area contributed by atoms with Gasteiger partial charge in [-0.1, -0.05) is 25.1 Å². The van der Waals surface area contributed by atoms with Gasteiger partial charge in [0.15, 0.2) is 0 Å². The first-order valence-electron chi connectivity index (χ1n) is 5.19. The van der Waals surface area contributed by atoms with Crippen molar-refractivity contribution >= 4 is 0 Å². The number of nitrogens with two attached hydrogens (primary N) is 1. The molecule has 0 amide bonds. The highest BCUT2D eigenvalue weighted by molar-refractivity contribution is 5.47. The summed E-state index contributed by atoms with van der Waals surface area (Å²) in [5, 5.41) is 3.86. The van der Waals surface area contributed by atoms with Crippen LogP contribution in [0.15, 0.2) is 28.9 Å². The van der Waals surface area contributed by atoms with Gasteiger partial charge in [-0.3, -0.25) is 4.98 Å². The quantitative estimate of drug-likeness (QED) is 0.849. The number of hydrogen-bond donors (Lipinski definition) is 1. The zero-order valence-electron chi connectivity index (χ0n) is 9.29. The van der Waals surface area contributed by atoms with E-state index >= 15 is 0 Å². The summed E-state index contributed by atoms with van der Waals surface area (Å²) in [6.45, 7) is 4.02. The van der Waals surface area contributed by atoms with Crippen molar-refractivity contribution in [2.75, 3.05) is 0 Å². The van der Waals surface area contributed by atoms with Gasteiger partial charge < -0.3 is 10.3 Å². The van der Waals surface area contributed by atoms with Crippen LogP contribution in [-0.4, -0.2) is 15.1 Å². The molecule has 0 fully saturated rings. The number of rotatable bonds is 3. The van der Waals surface area contributed by atoms with Gasteiger partial charge in [-0.05, 0) is 18.1 Å². The molecule has 0 aliphatic carbocycles. The molecule has 1 atom stereocenters. The Morgan fingerprint density at radius 1 is 1.31 bits per heavy atom. The van der Waals surface area contributed by atoms with Crippen molar-refractivity contribution in [1.29, 1.82) is 0 Å². The molecule has 2 aromatic rings. The Balaban J connectivity index is 2.27. The van der Waals surface area contributed by atoms with E-state index in [1.807, 2.05) is 32.0 Å². The average Bonchev–Trinajstić information content (AvgIpc) is 2.78. The number of hydrogen-bond acceptors (Lipinski definition) is 5. The molecular weight excluding hydrogens is 204 g/mol. The smallest absolute Gasteiger partial charge is 0.244 e. The van der Waals surface area contributed by atoms with E-state index in [2.05, 4.69) is 15.1 Å². The summed E-state index contributed by atoms with van der Waals surface area (Å²) in [7, 11) is 0. The number of aromatic nitrogens is 3. The Morgan fingerprint density at radius 3 is 2.75 bits per heavy atom. The second-order valence-electron chi connectivity index (χ2n) is 3.94. The van der Waals surface area contributed by atoms with Crippen molar-refractivity contribution in [3.05, 3.63) is 30.3 Å². The van der Waals surface area contributed by atoms with Crippen LogP contribution >= 0.6 is 0 Å². The first kappa shape index (κ1) is 10.8. The largest absolute Gasteiger partial charge is 0.337 e. The monoisotopic (exact) mass is 218 g/mol. The van der Waals surface area contributed by atoms with Crippen LogP contribution in [0, 0.1) is 5.92 Å². The van der Waals surface area contributed by atoms with E-state index in [4.69, 9.17) is 10.3 Å². The Hall–Kier alpha value is -1.75. The summed E-state index contributed by atoms with van der Waals surface area (Å²) in [5.41, 5.74) is 6.60. The maximum absolute atomic E-state index is 5.91. The fourth-order valence-electron chi connectivity index (χ4n) is 1.25. The van der Waals surface area contributed by atoms with Crippen molar-refractivity contribution in [1.82, 2.24) is 15.1 Å². The molecule has 2 N–H and O–H groups in total. The van der Waals surface area contributed by atoms with E-state index in [0.29, 0.717) is 17.4 Å². The van der Waals surface area contributed by atoms with Gasteiger partial charge in [0, 0.05) is 6.20 Å². The maximum atomic E-state index is 5.91. The molecule has 0 radical (unpaired) electrons. The van der Waals surface area contributed by atoms with Crippen LogP contribution in [0.4, 0.5) is 0 Å². The normalized spacial score (nSPS) is 13.0. The van der Waals surface area contributed by atoms with Crippen molar-refractivity contribution < 1.29 is 4.52 Å². The third-order valence-electron chi connectivity index (χ3n) is 2.34. The summed E-state index contributed by atoms with van der Waals surface area (Å²) in [5.74, 6) is 1.19. The summed E-state index contributed by atoms with van der Waals surface area (Å²) in [6, 6.07) is 5.31. The second-order valence-corrected chi connectivity index (χ2v) is 3.94. The third kappa shape index (κ3) is 2.09. The molecule has 2 rings (SSSR count). The average molecular weight is 218 g/mol. The summed E-state index contributed by atoms with van der Waals surface area (Å²) in [4.78, 5) is 8.38. The predicted octanol–water partition coefficient (Wildman–Crippen LogP) is 1.79. The lowest BCUT2D eigenvalue weighted by molar-refractivity contribution is 0.325. The van der Waals surface area contributed by atoms with Crippen LogP contribution in [0.25, 0.3) is 11.5 Å². The molecule has 84 valence electrons. The lowest BCUT2D eigenvalue weighted by Gasteiger charge is -2.09. The molecule has 16 heavy (non-hydrogen) atoms. The molecule has 1 unspecified atom stereocenters. The minimum atomic E-state index is -0.232. The first-order chi connectivity index (χ1) is 7.68. The molecule has 5 heteroatoms. The van der Waals surface area contributed by atoms with Gasteiger partial charge in [0.2, 0.25) is 11.7 Å². The molecular formula is C11H14N4O. The molecule has 0 aliphatic rings. The van der Waals surface area contributed by atoms with Crippen LogP contribution in [0.3, 0.4) is 0 Å². The van der Waals surface area contributed by atoms with Crippen molar-refractivity contribution in [3.8, 4) is 11.5 Å². The zero-order valence-corrected chi connectivity index (χ0v) is 9.29. The van der Waals surface area contributed by atoms with E-state index in [9.17, 15) is 0 Å². The lowest BCUT2D eigenvalue weighted by Crippen LogP contribution is -2.16. The van der Waals surface area contributed by atoms with E-state index in [1.165, 1.54) is 0 Å². The van der Waals surface area contributed by atoms with E-state index in [-0.39, 0.29) is 12.0 Å². The first-order valence-corrected chi connectivity index (χ1v) is 5.19. The van der Waals surface area contributed by atoms with Gasteiger partial charge in [-0.15, -0.1) is 0 Å². The fourth-order valence-corrected chi connectivity index (χ4v) is 1.25. The van der Waals surface area contributed by atoms with Gasteiger partial charge in [0.25, 0.3) is 0 Å². The van der Waals surface area contributed by atoms with E-state index in [1.54, 1.807) is 6.20 Å². The SMILES string of the molecule is CC(C)C(N)c1nc(-c2ccccn2)no1. The molecule has 0 aromatic carbocycles. The Bertz CT molecular complexity index is 452. The van der Waals surface area contributed by atoms with Crippen LogP contribution < -0.4 is 5.73 Å². The Morgan fingerprint density at radius 2 is 2.12 bits per heavy atom. The molecule has 0 aliphatic heterocycles.